The third-order valence-corrected chi connectivity index (χ3v) is 3.70. The molecular formula is C16H23NO4. The minimum absolute atomic E-state index is 0.00544. The van der Waals surface area contributed by atoms with E-state index in [1.54, 1.807) is 4.90 Å². The van der Waals surface area contributed by atoms with E-state index in [-0.39, 0.29) is 31.3 Å². The topological polar surface area (TPSA) is 59.0 Å². The Balaban J connectivity index is 1.91. The number of rotatable bonds is 5. The van der Waals surface area contributed by atoms with Crippen LogP contribution in [0.25, 0.3) is 0 Å². The quantitative estimate of drug-likeness (QED) is 0.887. The summed E-state index contributed by atoms with van der Waals surface area (Å²) < 4.78 is 11.0. The lowest BCUT2D eigenvalue weighted by Gasteiger charge is -2.37. The summed E-state index contributed by atoms with van der Waals surface area (Å²) in [5, 5.41) is 9.15. The highest BCUT2D eigenvalue weighted by atomic mass is 16.5. The summed E-state index contributed by atoms with van der Waals surface area (Å²) in [7, 11) is 0. The van der Waals surface area contributed by atoms with Crippen molar-refractivity contribution in [2.75, 3.05) is 26.4 Å². The van der Waals surface area contributed by atoms with Crippen LogP contribution < -0.4 is 4.74 Å². The Kier molecular flexibility index (Phi) is 5.59. The summed E-state index contributed by atoms with van der Waals surface area (Å²) >= 11 is 0. The average Bonchev–Trinajstić information content (AvgIpc) is 2.53. The standard InChI is InChI=1S/C16H23NO4/c1-3-13-5-4-6-14(7-13)21-11-16(19)17-8-15(9-18)20-10-12(17)2/h4-7,12,15,18H,3,8-11H2,1-2H3. The predicted octanol–water partition coefficient (Wildman–Crippen LogP) is 1.24. The van der Waals surface area contributed by atoms with Crippen molar-refractivity contribution in [2.45, 2.75) is 32.4 Å². The summed E-state index contributed by atoms with van der Waals surface area (Å²) in [4.78, 5) is 14.0. The second kappa shape index (κ2) is 7.43. The number of aryl methyl sites for hydroxylation is 1. The van der Waals surface area contributed by atoms with E-state index in [2.05, 4.69) is 6.92 Å². The van der Waals surface area contributed by atoms with Gasteiger partial charge in [-0.25, -0.2) is 0 Å². The first-order valence-corrected chi connectivity index (χ1v) is 7.37. The van der Waals surface area contributed by atoms with Gasteiger partial charge in [-0.1, -0.05) is 19.1 Å². The maximum Gasteiger partial charge on any atom is 0.260 e. The number of aliphatic hydroxyl groups excluding tert-OH is 1. The van der Waals surface area contributed by atoms with Crippen molar-refractivity contribution < 1.29 is 19.4 Å². The highest BCUT2D eigenvalue weighted by Gasteiger charge is 2.29. The zero-order valence-corrected chi connectivity index (χ0v) is 12.6. The maximum atomic E-state index is 12.3. The zero-order chi connectivity index (χ0) is 15.2. The van der Waals surface area contributed by atoms with Crippen LogP contribution in [0.3, 0.4) is 0 Å². The van der Waals surface area contributed by atoms with Gasteiger partial charge >= 0.3 is 0 Å². The monoisotopic (exact) mass is 293 g/mol. The third-order valence-electron chi connectivity index (χ3n) is 3.70. The van der Waals surface area contributed by atoms with Crippen molar-refractivity contribution in [3.63, 3.8) is 0 Å². The van der Waals surface area contributed by atoms with Crippen molar-refractivity contribution in [1.82, 2.24) is 4.90 Å². The van der Waals surface area contributed by atoms with Gasteiger partial charge in [-0.2, -0.15) is 0 Å². The van der Waals surface area contributed by atoms with Gasteiger partial charge in [-0.05, 0) is 31.0 Å². The molecule has 2 unspecified atom stereocenters. The van der Waals surface area contributed by atoms with E-state index in [1.165, 1.54) is 5.56 Å². The Bertz CT molecular complexity index is 477. The first kappa shape index (κ1) is 15.8. The fourth-order valence-electron chi connectivity index (χ4n) is 2.36. The highest BCUT2D eigenvalue weighted by Crippen LogP contribution is 2.15. The summed E-state index contributed by atoms with van der Waals surface area (Å²) in [6, 6.07) is 7.77. The molecule has 1 aliphatic heterocycles. The number of nitrogens with zero attached hydrogens (tertiary/aromatic N) is 1. The van der Waals surface area contributed by atoms with E-state index in [9.17, 15) is 4.79 Å². The maximum absolute atomic E-state index is 12.3. The lowest BCUT2D eigenvalue weighted by atomic mass is 10.2. The molecule has 0 aliphatic carbocycles. The number of hydrogen-bond acceptors (Lipinski definition) is 4. The first-order valence-electron chi connectivity index (χ1n) is 7.37. The molecule has 0 radical (unpaired) electrons. The Morgan fingerprint density at radius 1 is 1.52 bits per heavy atom. The van der Waals surface area contributed by atoms with Crippen molar-refractivity contribution in [1.29, 1.82) is 0 Å². The number of ether oxygens (including phenoxy) is 2. The van der Waals surface area contributed by atoms with Crippen molar-refractivity contribution in [3.05, 3.63) is 29.8 Å². The molecule has 1 fully saturated rings. The molecule has 1 aromatic rings. The third kappa shape index (κ3) is 4.19. The lowest BCUT2D eigenvalue weighted by Crippen LogP contribution is -2.53. The van der Waals surface area contributed by atoms with Crippen molar-refractivity contribution in [2.24, 2.45) is 0 Å². The second-order valence-corrected chi connectivity index (χ2v) is 5.32. The average molecular weight is 293 g/mol. The Morgan fingerprint density at radius 3 is 3.05 bits per heavy atom. The molecule has 0 saturated carbocycles. The van der Waals surface area contributed by atoms with Crippen LogP contribution in [0.1, 0.15) is 19.4 Å². The van der Waals surface area contributed by atoms with Gasteiger partial charge < -0.3 is 19.5 Å². The summed E-state index contributed by atoms with van der Waals surface area (Å²) in [6.07, 6.45) is 0.637. The smallest absolute Gasteiger partial charge is 0.260 e. The fourth-order valence-corrected chi connectivity index (χ4v) is 2.36. The number of amides is 1. The van der Waals surface area contributed by atoms with Gasteiger partial charge in [0, 0.05) is 6.54 Å². The molecule has 2 rings (SSSR count). The van der Waals surface area contributed by atoms with Crippen LogP contribution in [0.15, 0.2) is 24.3 Å². The SMILES string of the molecule is CCc1cccc(OCC(=O)N2CC(CO)OCC2C)c1. The molecule has 116 valence electrons. The molecule has 1 saturated heterocycles. The molecule has 2 atom stereocenters. The number of carbonyl (C=O) groups is 1. The van der Waals surface area contributed by atoms with Crippen LogP contribution in [-0.4, -0.2) is 54.4 Å². The largest absolute Gasteiger partial charge is 0.484 e. The normalized spacial score (nSPS) is 22.1. The molecule has 0 aromatic heterocycles. The van der Waals surface area contributed by atoms with Gasteiger partial charge in [0.05, 0.1) is 25.4 Å². The molecule has 0 spiro atoms. The minimum Gasteiger partial charge on any atom is -0.484 e. The first-order chi connectivity index (χ1) is 10.1. The van der Waals surface area contributed by atoms with Gasteiger partial charge in [-0.15, -0.1) is 0 Å². The Labute approximate surface area is 125 Å². The zero-order valence-electron chi connectivity index (χ0n) is 12.6. The molecule has 1 aliphatic rings. The summed E-state index contributed by atoms with van der Waals surface area (Å²) in [6.45, 7) is 4.81. The molecule has 21 heavy (non-hydrogen) atoms. The molecule has 1 aromatic carbocycles. The molecule has 5 heteroatoms. The summed E-state index contributed by atoms with van der Waals surface area (Å²) in [5.74, 6) is 0.633. The van der Waals surface area contributed by atoms with E-state index < -0.39 is 0 Å². The van der Waals surface area contributed by atoms with Crippen LogP contribution in [0, 0.1) is 0 Å². The van der Waals surface area contributed by atoms with Gasteiger partial charge in [0.1, 0.15) is 5.75 Å². The number of aliphatic hydroxyl groups is 1. The molecule has 1 heterocycles. The second-order valence-electron chi connectivity index (χ2n) is 5.32. The van der Waals surface area contributed by atoms with Crippen molar-refractivity contribution >= 4 is 5.91 Å². The van der Waals surface area contributed by atoms with Gasteiger partial charge in [0.2, 0.25) is 0 Å². The van der Waals surface area contributed by atoms with Gasteiger partial charge in [0.15, 0.2) is 6.61 Å². The van der Waals surface area contributed by atoms with Crippen LogP contribution in [0.2, 0.25) is 0 Å². The molecule has 5 nitrogen and oxygen atoms in total. The number of benzene rings is 1. The van der Waals surface area contributed by atoms with Crippen LogP contribution in [0.5, 0.6) is 5.75 Å². The van der Waals surface area contributed by atoms with E-state index in [0.29, 0.717) is 18.9 Å². The number of carbonyl (C=O) groups excluding carboxylic acids is 1. The van der Waals surface area contributed by atoms with Gasteiger partial charge in [-0.3, -0.25) is 4.79 Å². The van der Waals surface area contributed by atoms with E-state index in [4.69, 9.17) is 14.6 Å². The predicted molar refractivity (Wildman–Crippen MR) is 79.3 cm³/mol. The molecule has 1 N–H and O–H groups in total. The summed E-state index contributed by atoms with van der Waals surface area (Å²) in [5.41, 5.74) is 1.18. The van der Waals surface area contributed by atoms with Crippen LogP contribution in [-0.2, 0) is 16.0 Å². The highest BCUT2D eigenvalue weighted by molar-refractivity contribution is 5.78. The Hall–Kier alpha value is -1.59. The number of hydrogen-bond donors (Lipinski definition) is 1. The van der Waals surface area contributed by atoms with Crippen LogP contribution in [0.4, 0.5) is 0 Å². The van der Waals surface area contributed by atoms with Crippen LogP contribution >= 0.6 is 0 Å². The molecular weight excluding hydrogens is 270 g/mol. The lowest BCUT2D eigenvalue weighted by molar-refractivity contribution is -0.148. The minimum atomic E-state index is -0.298. The molecule has 0 bridgehead atoms. The van der Waals surface area contributed by atoms with E-state index in [0.717, 1.165) is 6.42 Å². The Morgan fingerprint density at radius 2 is 2.33 bits per heavy atom. The van der Waals surface area contributed by atoms with E-state index in [1.807, 2.05) is 31.2 Å². The van der Waals surface area contributed by atoms with Crippen molar-refractivity contribution in [3.8, 4) is 5.75 Å². The fraction of sp³-hybridized carbons (Fsp3) is 0.562. The van der Waals surface area contributed by atoms with Gasteiger partial charge in [0.25, 0.3) is 5.91 Å². The molecule has 1 amide bonds. The number of morpholine rings is 1. The van der Waals surface area contributed by atoms with E-state index >= 15 is 0 Å².